The molecule has 0 saturated heterocycles. The molecular formula is C22H20F6N2O2. The molecule has 2 atom stereocenters. The molecule has 32 heavy (non-hydrogen) atoms. The molecule has 0 spiro atoms. The van der Waals surface area contributed by atoms with Crippen LogP contribution in [0.2, 0.25) is 0 Å². The van der Waals surface area contributed by atoms with Gasteiger partial charge in [0.1, 0.15) is 11.5 Å². The molecule has 3 rings (SSSR count). The van der Waals surface area contributed by atoms with Gasteiger partial charge < -0.3 is 10.2 Å². The van der Waals surface area contributed by atoms with Crippen LogP contribution in [0.4, 0.5) is 26.3 Å². The van der Waals surface area contributed by atoms with E-state index in [-0.39, 0.29) is 11.1 Å². The lowest BCUT2D eigenvalue weighted by molar-refractivity contribution is -0.139. The Morgan fingerprint density at radius 3 is 1.41 bits per heavy atom. The van der Waals surface area contributed by atoms with Gasteiger partial charge in [-0.1, -0.05) is 25.0 Å². The molecule has 2 N–H and O–H groups in total. The molecule has 0 bridgehead atoms. The van der Waals surface area contributed by atoms with E-state index in [4.69, 9.17) is 0 Å². The Bertz CT molecular complexity index is 933. The van der Waals surface area contributed by atoms with E-state index in [9.17, 15) is 36.6 Å². The quantitative estimate of drug-likeness (QED) is 0.437. The van der Waals surface area contributed by atoms with Gasteiger partial charge in [0.05, 0.1) is 23.2 Å². The summed E-state index contributed by atoms with van der Waals surface area (Å²) in [7, 11) is 0. The summed E-state index contributed by atoms with van der Waals surface area (Å²) in [5.41, 5.74) is -2.52. The molecule has 1 fully saturated rings. The van der Waals surface area contributed by atoms with Gasteiger partial charge in [0.15, 0.2) is 0 Å². The molecule has 0 radical (unpaired) electrons. The number of benzene rings is 2. The molecule has 2 aromatic carbocycles. The van der Waals surface area contributed by atoms with E-state index in [1.54, 1.807) is 0 Å². The number of para-hydroxylation sites is 2. The molecule has 2 aromatic rings. The normalized spacial score (nSPS) is 20.3. The molecule has 1 aliphatic rings. The van der Waals surface area contributed by atoms with Crippen LogP contribution < -0.4 is 0 Å². The SMILES string of the molecule is Oc1c(C=N[C@H]2CCCC[C@@H]2N=Cc2cccc(C(F)(F)F)c2O)cccc1C(F)(F)F. The van der Waals surface area contributed by atoms with Crippen molar-refractivity contribution in [2.24, 2.45) is 9.98 Å². The van der Waals surface area contributed by atoms with Crippen molar-refractivity contribution in [3.05, 3.63) is 58.7 Å². The first-order valence-electron chi connectivity index (χ1n) is 9.83. The smallest absolute Gasteiger partial charge is 0.419 e. The zero-order valence-electron chi connectivity index (χ0n) is 16.7. The lowest BCUT2D eigenvalue weighted by atomic mass is 9.91. The van der Waals surface area contributed by atoms with Gasteiger partial charge in [-0.3, -0.25) is 9.98 Å². The Labute approximate surface area is 180 Å². The fourth-order valence-corrected chi connectivity index (χ4v) is 3.58. The minimum atomic E-state index is -4.71. The number of nitrogens with zero attached hydrogens (tertiary/aromatic N) is 2. The standard InChI is InChI=1S/C22H20F6N2O2/c23-21(24,25)15-7-3-5-13(19(15)31)11-29-17-9-1-2-10-18(17)30-12-14-6-4-8-16(20(14)32)22(26,27)28/h3-8,11-12,17-18,31-32H,1-2,9-10H2/t17-,18-/m0/s1. The molecule has 0 aliphatic heterocycles. The van der Waals surface area contributed by atoms with Gasteiger partial charge >= 0.3 is 12.4 Å². The minimum Gasteiger partial charge on any atom is -0.507 e. The van der Waals surface area contributed by atoms with Crippen LogP contribution >= 0.6 is 0 Å². The van der Waals surface area contributed by atoms with Crippen LogP contribution in [0.5, 0.6) is 11.5 Å². The number of hydrogen-bond acceptors (Lipinski definition) is 4. The van der Waals surface area contributed by atoms with E-state index in [0.717, 1.165) is 49.5 Å². The van der Waals surface area contributed by atoms with Crippen molar-refractivity contribution in [1.29, 1.82) is 0 Å². The van der Waals surface area contributed by atoms with Crippen molar-refractivity contribution in [1.82, 2.24) is 0 Å². The van der Waals surface area contributed by atoms with Crippen LogP contribution in [0.1, 0.15) is 47.9 Å². The highest BCUT2D eigenvalue weighted by Gasteiger charge is 2.35. The summed E-state index contributed by atoms with van der Waals surface area (Å²) in [5, 5.41) is 19.9. The Balaban J connectivity index is 1.82. The topological polar surface area (TPSA) is 65.2 Å². The number of phenols is 2. The Morgan fingerprint density at radius 2 is 1.06 bits per heavy atom. The summed E-state index contributed by atoms with van der Waals surface area (Å²) in [4.78, 5) is 8.60. The van der Waals surface area contributed by atoms with Crippen LogP contribution in [0.25, 0.3) is 0 Å². The van der Waals surface area contributed by atoms with Crippen LogP contribution in [0.15, 0.2) is 46.4 Å². The first-order valence-corrected chi connectivity index (χ1v) is 9.83. The molecular weight excluding hydrogens is 438 g/mol. The van der Waals surface area contributed by atoms with Crippen molar-refractivity contribution in [2.45, 2.75) is 50.1 Å². The molecule has 4 nitrogen and oxygen atoms in total. The van der Waals surface area contributed by atoms with E-state index in [1.807, 2.05) is 0 Å². The highest BCUT2D eigenvalue weighted by atomic mass is 19.4. The van der Waals surface area contributed by atoms with Crippen LogP contribution in [0.3, 0.4) is 0 Å². The fraction of sp³-hybridized carbons (Fsp3) is 0.364. The van der Waals surface area contributed by atoms with Gasteiger partial charge in [0.25, 0.3) is 0 Å². The number of aliphatic imine (C=N–C) groups is 2. The average molecular weight is 458 g/mol. The van der Waals surface area contributed by atoms with Gasteiger partial charge in [-0.05, 0) is 37.1 Å². The molecule has 1 aliphatic carbocycles. The van der Waals surface area contributed by atoms with E-state index < -0.39 is 47.1 Å². The van der Waals surface area contributed by atoms with E-state index >= 15 is 0 Å². The summed E-state index contributed by atoms with van der Waals surface area (Å²) >= 11 is 0. The van der Waals surface area contributed by atoms with Crippen molar-refractivity contribution < 1.29 is 36.6 Å². The van der Waals surface area contributed by atoms with Gasteiger partial charge in [0, 0.05) is 23.6 Å². The number of halogens is 6. The van der Waals surface area contributed by atoms with Crippen molar-refractivity contribution in [3.8, 4) is 11.5 Å². The van der Waals surface area contributed by atoms with Crippen molar-refractivity contribution in [3.63, 3.8) is 0 Å². The first kappa shape index (κ1) is 23.6. The molecule has 0 aromatic heterocycles. The van der Waals surface area contributed by atoms with Crippen molar-refractivity contribution >= 4 is 12.4 Å². The second-order valence-electron chi connectivity index (χ2n) is 7.46. The maximum Gasteiger partial charge on any atom is 0.419 e. The Morgan fingerprint density at radius 1 is 0.688 bits per heavy atom. The molecule has 0 amide bonds. The number of alkyl halides is 6. The third-order valence-corrected chi connectivity index (χ3v) is 5.25. The predicted molar refractivity (Wildman–Crippen MR) is 107 cm³/mol. The predicted octanol–water partition coefficient (Wildman–Crippen LogP) is 5.98. The zero-order chi connectivity index (χ0) is 23.5. The second kappa shape index (κ2) is 9.22. The number of phenolic OH excluding ortho intramolecular Hbond substituents is 2. The average Bonchev–Trinajstić information content (AvgIpc) is 2.71. The van der Waals surface area contributed by atoms with Gasteiger partial charge in [-0.2, -0.15) is 26.3 Å². The van der Waals surface area contributed by atoms with E-state index in [1.165, 1.54) is 12.1 Å². The summed E-state index contributed by atoms with van der Waals surface area (Å²) in [6, 6.07) is 5.60. The fourth-order valence-electron chi connectivity index (χ4n) is 3.58. The first-order chi connectivity index (χ1) is 15.0. The number of rotatable bonds is 4. The van der Waals surface area contributed by atoms with E-state index in [0.29, 0.717) is 12.8 Å². The molecule has 0 unspecified atom stereocenters. The molecule has 172 valence electrons. The van der Waals surface area contributed by atoms with Crippen LogP contribution in [0, 0.1) is 0 Å². The van der Waals surface area contributed by atoms with Crippen molar-refractivity contribution in [2.75, 3.05) is 0 Å². The summed E-state index contributed by atoms with van der Waals surface area (Å²) in [6.45, 7) is 0. The lowest BCUT2D eigenvalue weighted by Crippen LogP contribution is -2.27. The van der Waals surface area contributed by atoms with Gasteiger partial charge in [0.2, 0.25) is 0 Å². The van der Waals surface area contributed by atoms with Crippen LogP contribution in [-0.4, -0.2) is 34.7 Å². The van der Waals surface area contributed by atoms with E-state index in [2.05, 4.69) is 9.98 Å². The molecule has 10 heteroatoms. The van der Waals surface area contributed by atoms with Crippen LogP contribution in [-0.2, 0) is 12.4 Å². The minimum absolute atomic E-state index is 0.0938. The zero-order valence-corrected chi connectivity index (χ0v) is 16.7. The number of aromatic hydroxyl groups is 2. The highest BCUT2D eigenvalue weighted by molar-refractivity contribution is 5.85. The highest BCUT2D eigenvalue weighted by Crippen LogP contribution is 2.38. The summed E-state index contributed by atoms with van der Waals surface area (Å²) in [6.07, 6.45) is -4.35. The summed E-state index contributed by atoms with van der Waals surface area (Å²) < 4.78 is 77.8. The maximum atomic E-state index is 13.0. The molecule has 1 saturated carbocycles. The third kappa shape index (κ3) is 5.41. The lowest BCUT2D eigenvalue weighted by Gasteiger charge is -2.25. The maximum absolute atomic E-state index is 13.0. The van der Waals surface area contributed by atoms with Gasteiger partial charge in [-0.15, -0.1) is 0 Å². The largest absolute Gasteiger partial charge is 0.507 e. The second-order valence-corrected chi connectivity index (χ2v) is 7.46. The number of hydrogen-bond donors (Lipinski definition) is 2. The van der Waals surface area contributed by atoms with Gasteiger partial charge in [-0.25, -0.2) is 0 Å². The molecule has 0 heterocycles. The monoisotopic (exact) mass is 458 g/mol. The Kier molecular flexibility index (Phi) is 6.80. The summed E-state index contributed by atoms with van der Waals surface area (Å²) in [5.74, 6) is -1.85. The third-order valence-electron chi connectivity index (χ3n) is 5.25. The Hall–Kier alpha value is -3.04.